The van der Waals surface area contributed by atoms with E-state index in [1.807, 2.05) is 18.2 Å². The molecule has 3 aromatic rings. The van der Waals surface area contributed by atoms with Crippen LogP contribution >= 0.6 is 23.2 Å². The number of nitrogens with one attached hydrogen (secondary N) is 2. The first-order valence-electron chi connectivity index (χ1n) is 11.2. The number of carbonyl (C=O) groups excluding carboxylic acids is 1. The van der Waals surface area contributed by atoms with Crippen molar-refractivity contribution in [1.29, 1.82) is 5.26 Å². The van der Waals surface area contributed by atoms with Crippen LogP contribution < -0.4 is 10.6 Å². The van der Waals surface area contributed by atoms with Crippen LogP contribution in [-0.2, 0) is 5.41 Å². The zero-order chi connectivity index (χ0) is 24.1. The van der Waals surface area contributed by atoms with Crippen molar-refractivity contribution < 1.29 is 4.79 Å². The molecule has 34 heavy (non-hydrogen) atoms. The monoisotopic (exact) mass is 492 g/mol. The number of rotatable bonds is 5. The molecule has 0 atom stereocenters. The van der Waals surface area contributed by atoms with Crippen molar-refractivity contribution in [1.82, 2.24) is 10.2 Å². The van der Waals surface area contributed by atoms with Gasteiger partial charge in [-0.1, -0.05) is 59.6 Å². The average molecular weight is 493 g/mol. The molecule has 1 aliphatic rings. The molecule has 0 saturated carbocycles. The van der Waals surface area contributed by atoms with Crippen LogP contribution in [0.1, 0.15) is 24.0 Å². The number of hydrogen-bond donors (Lipinski definition) is 2. The Labute approximate surface area is 210 Å². The lowest BCUT2D eigenvalue weighted by Gasteiger charge is -2.41. The molecule has 0 spiro atoms. The summed E-state index contributed by atoms with van der Waals surface area (Å²) in [5, 5.41) is 16.0. The number of anilines is 1. The molecule has 3 aromatic carbocycles. The van der Waals surface area contributed by atoms with Crippen LogP contribution in [0.3, 0.4) is 0 Å². The fourth-order valence-electron chi connectivity index (χ4n) is 4.41. The van der Waals surface area contributed by atoms with Crippen LogP contribution in [0, 0.1) is 11.3 Å². The number of nitriles is 1. The van der Waals surface area contributed by atoms with E-state index >= 15 is 0 Å². The van der Waals surface area contributed by atoms with Crippen LogP contribution in [0.2, 0.25) is 10.0 Å². The minimum Gasteiger partial charge on any atom is -0.337 e. The topological polar surface area (TPSA) is 68.2 Å². The van der Waals surface area contributed by atoms with E-state index in [1.54, 1.807) is 24.3 Å². The van der Waals surface area contributed by atoms with Crippen molar-refractivity contribution in [3.05, 3.63) is 87.9 Å². The summed E-state index contributed by atoms with van der Waals surface area (Å²) in [7, 11) is 2.12. The molecular formula is C27H26Cl2N4O. The summed E-state index contributed by atoms with van der Waals surface area (Å²) >= 11 is 12.2. The minimum absolute atomic E-state index is 0.172. The highest BCUT2D eigenvalue weighted by Crippen LogP contribution is 2.36. The smallest absolute Gasteiger partial charge is 0.319 e. The van der Waals surface area contributed by atoms with E-state index in [0.717, 1.165) is 37.1 Å². The van der Waals surface area contributed by atoms with Gasteiger partial charge in [0.1, 0.15) is 0 Å². The quantitative estimate of drug-likeness (QED) is 0.437. The maximum Gasteiger partial charge on any atom is 0.319 e. The Balaban J connectivity index is 1.52. The van der Waals surface area contributed by atoms with Crippen molar-refractivity contribution in [2.75, 3.05) is 32.0 Å². The number of piperidine rings is 1. The molecule has 1 aliphatic heterocycles. The molecule has 1 saturated heterocycles. The predicted octanol–water partition coefficient (Wildman–Crippen LogP) is 6.32. The van der Waals surface area contributed by atoms with Crippen molar-refractivity contribution in [3.8, 4) is 17.2 Å². The fraction of sp³-hybridized carbons (Fsp3) is 0.259. The maximum absolute atomic E-state index is 12.7. The van der Waals surface area contributed by atoms with Gasteiger partial charge in [-0.2, -0.15) is 5.26 Å². The molecule has 7 heteroatoms. The summed E-state index contributed by atoms with van der Waals surface area (Å²) in [4.78, 5) is 15.0. The Morgan fingerprint density at radius 3 is 2.47 bits per heavy atom. The number of nitrogens with zero attached hydrogens (tertiary/aromatic N) is 2. The van der Waals surface area contributed by atoms with E-state index < -0.39 is 0 Å². The molecule has 0 radical (unpaired) electrons. The lowest BCUT2D eigenvalue weighted by molar-refractivity contribution is 0.183. The van der Waals surface area contributed by atoms with Gasteiger partial charge >= 0.3 is 6.03 Å². The standard InChI is InChI=1S/C27H26Cl2N4O/c1-33-13-11-27(12-14-33,18-31-26(34)32-25-16-23(28)9-10-24(25)29)22-7-5-20(6-8-22)21-4-2-3-19(15-21)17-30/h2-10,15-16H,11-14,18H2,1H3,(H2,31,32,34). The van der Waals surface area contributed by atoms with Gasteiger partial charge in [-0.05, 0) is 80.0 Å². The van der Waals surface area contributed by atoms with Crippen LogP contribution in [0.5, 0.6) is 0 Å². The van der Waals surface area contributed by atoms with E-state index in [-0.39, 0.29) is 11.4 Å². The molecule has 0 bridgehead atoms. The van der Waals surface area contributed by atoms with Crippen LogP contribution in [0.15, 0.2) is 66.7 Å². The Bertz CT molecular complexity index is 1210. The Morgan fingerprint density at radius 2 is 1.76 bits per heavy atom. The van der Waals surface area contributed by atoms with Crippen LogP contribution in [-0.4, -0.2) is 37.6 Å². The second kappa shape index (κ2) is 10.5. The highest BCUT2D eigenvalue weighted by Gasteiger charge is 2.35. The molecule has 1 fully saturated rings. The largest absolute Gasteiger partial charge is 0.337 e. The summed E-state index contributed by atoms with van der Waals surface area (Å²) in [6.07, 6.45) is 1.87. The third kappa shape index (κ3) is 5.53. The van der Waals surface area contributed by atoms with Gasteiger partial charge in [0, 0.05) is 17.0 Å². The van der Waals surface area contributed by atoms with E-state index in [4.69, 9.17) is 23.2 Å². The summed E-state index contributed by atoms with van der Waals surface area (Å²) < 4.78 is 0. The first kappa shape index (κ1) is 24.1. The molecule has 4 rings (SSSR count). The highest BCUT2D eigenvalue weighted by molar-refractivity contribution is 6.35. The van der Waals surface area contributed by atoms with E-state index in [9.17, 15) is 10.1 Å². The van der Waals surface area contributed by atoms with E-state index in [1.165, 1.54) is 5.56 Å². The second-order valence-electron chi connectivity index (χ2n) is 8.79. The normalized spacial score (nSPS) is 15.4. The fourth-order valence-corrected chi connectivity index (χ4v) is 4.74. The van der Waals surface area contributed by atoms with Gasteiger partial charge in [-0.25, -0.2) is 4.79 Å². The van der Waals surface area contributed by atoms with Crippen molar-refractivity contribution >= 4 is 34.9 Å². The van der Waals surface area contributed by atoms with Crippen molar-refractivity contribution in [2.45, 2.75) is 18.3 Å². The third-order valence-corrected chi connectivity index (χ3v) is 7.10. The van der Waals surface area contributed by atoms with Crippen molar-refractivity contribution in [2.24, 2.45) is 0 Å². The lowest BCUT2D eigenvalue weighted by Crippen LogP contribution is -2.48. The van der Waals surface area contributed by atoms with Crippen LogP contribution in [0.4, 0.5) is 10.5 Å². The molecule has 5 nitrogen and oxygen atoms in total. The molecular weight excluding hydrogens is 467 g/mol. The van der Waals surface area contributed by atoms with Gasteiger partial charge in [0.05, 0.1) is 22.3 Å². The maximum atomic E-state index is 12.7. The molecule has 0 aromatic heterocycles. The highest BCUT2D eigenvalue weighted by atomic mass is 35.5. The Kier molecular flexibility index (Phi) is 7.43. The Morgan fingerprint density at radius 1 is 1.03 bits per heavy atom. The first-order chi connectivity index (χ1) is 16.4. The van der Waals surface area contributed by atoms with Crippen LogP contribution in [0.25, 0.3) is 11.1 Å². The van der Waals surface area contributed by atoms with E-state index in [2.05, 4.69) is 52.9 Å². The molecule has 1 heterocycles. The van der Waals surface area contributed by atoms with E-state index in [0.29, 0.717) is 27.8 Å². The molecule has 2 amide bonds. The number of carbonyl (C=O) groups is 1. The number of hydrogen-bond acceptors (Lipinski definition) is 3. The summed E-state index contributed by atoms with van der Waals surface area (Å²) in [5.74, 6) is 0. The number of halogens is 2. The van der Waals surface area contributed by atoms with Gasteiger partial charge in [-0.3, -0.25) is 0 Å². The number of likely N-dealkylation sites (tertiary alicyclic amines) is 1. The SMILES string of the molecule is CN1CCC(CNC(=O)Nc2cc(Cl)ccc2Cl)(c2ccc(-c3cccc(C#N)c3)cc2)CC1. The summed E-state index contributed by atoms with van der Waals surface area (Å²) in [6.45, 7) is 2.42. The zero-order valence-corrected chi connectivity index (χ0v) is 20.5. The third-order valence-electron chi connectivity index (χ3n) is 6.53. The molecule has 0 aliphatic carbocycles. The average Bonchev–Trinajstić information content (AvgIpc) is 2.86. The van der Waals surface area contributed by atoms with Gasteiger partial charge in [-0.15, -0.1) is 0 Å². The van der Waals surface area contributed by atoms with Gasteiger partial charge in [0.15, 0.2) is 0 Å². The predicted molar refractivity (Wildman–Crippen MR) is 138 cm³/mol. The van der Waals surface area contributed by atoms with Gasteiger partial charge in [0.25, 0.3) is 0 Å². The zero-order valence-electron chi connectivity index (χ0n) is 18.9. The number of benzene rings is 3. The summed E-state index contributed by atoms with van der Waals surface area (Å²) in [5.41, 5.74) is 4.22. The molecule has 0 unspecified atom stereocenters. The van der Waals surface area contributed by atoms with Crippen molar-refractivity contribution in [3.63, 3.8) is 0 Å². The van der Waals surface area contributed by atoms with Gasteiger partial charge < -0.3 is 15.5 Å². The lowest BCUT2D eigenvalue weighted by atomic mass is 9.72. The molecule has 174 valence electrons. The minimum atomic E-state index is -0.313. The van der Waals surface area contributed by atoms with Gasteiger partial charge in [0.2, 0.25) is 0 Å². The summed E-state index contributed by atoms with van der Waals surface area (Å²) in [6, 6.07) is 22.9. The Hall–Kier alpha value is -3.04. The number of amides is 2. The first-order valence-corrected chi connectivity index (χ1v) is 11.9. The molecule has 2 N–H and O–H groups in total. The number of urea groups is 1. The second-order valence-corrected chi connectivity index (χ2v) is 9.63.